The van der Waals surface area contributed by atoms with E-state index < -0.39 is 0 Å². The molecule has 1 aliphatic heterocycles. The van der Waals surface area contributed by atoms with Crippen LogP contribution in [-0.2, 0) is 16.5 Å². The molecule has 0 spiro atoms. The number of carbonyl (C=O) groups excluding carboxylic acids is 1. The van der Waals surface area contributed by atoms with Crippen molar-refractivity contribution in [2.24, 2.45) is 13.0 Å². The van der Waals surface area contributed by atoms with Crippen LogP contribution in [0.1, 0.15) is 23.3 Å². The number of ether oxygens (including phenoxy) is 2. The Morgan fingerprint density at radius 2 is 2.52 bits per heavy atom. The zero-order chi connectivity index (χ0) is 14.7. The molecule has 7 heteroatoms. The average molecular weight is 307 g/mol. The minimum Gasteiger partial charge on any atom is -0.461 e. The summed E-state index contributed by atoms with van der Waals surface area (Å²) in [5, 5.41) is 6.60. The molecule has 0 aliphatic carbocycles. The lowest BCUT2D eigenvalue weighted by atomic mass is 10.0. The molecule has 21 heavy (non-hydrogen) atoms. The molecule has 1 saturated heterocycles. The third-order valence-corrected chi connectivity index (χ3v) is 4.26. The number of nitrogens with zero attached hydrogens (tertiary/aromatic N) is 3. The van der Waals surface area contributed by atoms with Crippen molar-refractivity contribution in [2.45, 2.75) is 12.8 Å². The Morgan fingerprint density at radius 1 is 1.62 bits per heavy atom. The summed E-state index contributed by atoms with van der Waals surface area (Å²) in [7, 11) is 1.85. The summed E-state index contributed by atoms with van der Waals surface area (Å²) in [4.78, 5) is 16.3. The maximum atomic E-state index is 12.0. The van der Waals surface area contributed by atoms with Gasteiger partial charge in [-0.15, -0.1) is 11.3 Å². The first-order valence-electron chi connectivity index (χ1n) is 6.92. The Labute approximate surface area is 126 Å². The second kappa shape index (κ2) is 6.36. The summed E-state index contributed by atoms with van der Waals surface area (Å²) in [6, 6.07) is 0. The third-order valence-electron chi connectivity index (χ3n) is 3.37. The Hall–Kier alpha value is -1.73. The number of rotatable bonds is 4. The average Bonchev–Trinajstić information content (AvgIpc) is 3.14. The van der Waals surface area contributed by atoms with Gasteiger partial charge in [0.25, 0.3) is 0 Å². The molecule has 3 rings (SSSR count). The molecule has 1 unspecified atom stereocenters. The Balaban J connectivity index is 1.59. The topological polar surface area (TPSA) is 66.2 Å². The predicted octanol–water partition coefficient (Wildman–Crippen LogP) is 2.13. The van der Waals surface area contributed by atoms with Gasteiger partial charge < -0.3 is 9.47 Å². The SMILES string of the molecule is Cn1cc(-c2nc(C(=O)OCC3CCCOC3)cs2)cn1. The number of aromatic nitrogens is 3. The summed E-state index contributed by atoms with van der Waals surface area (Å²) >= 11 is 1.42. The molecular weight excluding hydrogens is 290 g/mol. The number of hydrogen-bond acceptors (Lipinski definition) is 6. The van der Waals surface area contributed by atoms with E-state index in [2.05, 4.69) is 10.1 Å². The fourth-order valence-electron chi connectivity index (χ4n) is 2.24. The first-order valence-corrected chi connectivity index (χ1v) is 7.80. The van der Waals surface area contributed by atoms with Crippen molar-refractivity contribution in [3.8, 4) is 10.6 Å². The quantitative estimate of drug-likeness (QED) is 0.810. The molecule has 1 atom stereocenters. The maximum Gasteiger partial charge on any atom is 0.357 e. The van der Waals surface area contributed by atoms with Crippen LogP contribution in [0, 0.1) is 5.92 Å². The summed E-state index contributed by atoms with van der Waals surface area (Å²) in [6.07, 6.45) is 5.68. The van der Waals surface area contributed by atoms with Crippen LogP contribution < -0.4 is 0 Å². The molecule has 112 valence electrons. The lowest BCUT2D eigenvalue weighted by molar-refractivity contribution is 0.00830. The highest BCUT2D eigenvalue weighted by molar-refractivity contribution is 7.13. The van der Waals surface area contributed by atoms with Gasteiger partial charge in [0.05, 0.1) is 19.4 Å². The van der Waals surface area contributed by atoms with Crippen molar-refractivity contribution >= 4 is 17.3 Å². The first-order chi connectivity index (χ1) is 10.2. The fraction of sp³-hybridized carbons (Fsp3) is 0.500. The van der Waals surface area contributed by atoms with E-state index in [4.69, 9.17) is 9.47 Å². The fourth-order valence-corrected chi connectivity index (χ4v) is 3.00. The normalized spacial score (nSPS) is 18.6. The van der Waals surface area contributed by atoms with E-state index in [1.165, 1.54) is 11.3 Å². The monoisotopic (exact) mass is 307 g/mol. The van der Waals surface area contributed by atoms with Crippen LogP contribution in [0.15, 0.2) is 17.8 Å². The second-order valence-electron chi connectivity index (χ2n) is 5.12. The molecule has 0 aromatic carbocycles. The van der Waals surface area contributed by atoms with E-state index in [0.29, 0.717) is 24.8 Å². The zero-order valence-corrected chi connectivity index (χ0v) is 12.6. The Bertz CT molecular complexity index is 617. The molecule has 0 bridgehead atoms. The van der Waals surface area contributed by atoms with E-state index in [9.17, 15) is 4.79 Å². The van der Waals surface area contributed by atoms with Crippen LogP contribution in [0.4, 0.5) is 0 Å². The Morgan fingerprint density at radius 3 is 3.24 bits per heavy atom. The van der Waals surface area contributed by atoms with Crippen molar-refractivity contribution in [3.05, 3.63) is 23.5 Å². The lowest BCUT2D eigenvalue weighted by Crippen LogP contribution is -2.23. The van der Waals surface area contributed by atoms with Crippen LogP contribution >= 0.6 is 11.3 Å². The summed E-state index contributed by atoms with van der Waals surface area (Å²) in [5.74, 6) is -0.0638. The van der Waals surface area contributed by atoms with Crippen LogP contribution in [0.25, 0.3) is 10.6 Å². The van der Waals surface area contributed by atoms with Crippen LogP contribution in [0.2, 0.25) is 0 Å². The standard InChI is InChI=1S/C14H17N3O3S/c1-17-6-11(5-15-17)13-16-12(9-21-13)14(18)20-8-10-3-2-4-19-7-10/h5-6,9-10H,2-4,7-8H2,1H3. The third kappa shape index (κ3) is 3.48. The van der Waals surface area contributed by atoms with E-state index >= 15 is 0 Å². The lowest BCUT2D eigenvalue weighted by Gasteiger charge is -2.21. The zero-order valence-electron chi connectivity index (χ0n) is 11.8. The molecule has 6 nitrogen and oxygen atoms in total. The van der Waals surface area contributed by atoms with Crippen LogP contribution in [-0.4, -0.2) is 40.6 Å². The van der Waals surface area contributed by atoms with Gasteiger partial charge in [0.2, 0.25) is 0 Å². The van der Waals surface area contributed by atoms with E-state index in [0.717, 1.165) is 30.0 Å². The van der Waals surface area contributed by atoms with Gasteiger partial charge in [-0.3, -0.25) is 4.68 Å². The number of thiazole rings is 1. The summed E-state index contributed by atoms with van der Waals surface area (Å²) < 4.78 is 12.4. The van der Waals surface area contributed by atoms with Crippen LogP contribution in [0.3, 0.4) is 0 Å². The molecule has 1 fully saturated rings. The molecule has 0 saturated carbocycles. The molecule has 3 heterocycles. The first kappa shape index (κ1) is 14.2. The van der Waals surface area contributed by atoms with Gasteiger partial charge in [-0.2, -0.15) is 5.10 Å². The molecule has 0 radical (unpaired) electrons. The molecule has 2 aromatic heterocycles. The molecule has 0 amide bonds. The predicted molar refractivity (Wildman–Crippen MR) is 78.1 cm³/mol. The highest BCUT2D eigenvalue weighted by Gasteiger charge is 2.18. The van der Waals surface area contributed by atoms with Crippen molar-refractivity contribution in [3.63, 3.8) is 0 Å². The molecular formula is C14H17N3O3S. The highest BCUT2D eigenvalue weighted by Crippen LogP contribution is 2.23. The summed E-state index contributed by atoms with van der Waals surface area (Å²) in [5.41, 5.74) is 1.26. The van der Waals surface area contributed by atoms with E-state index in [1.54, 1.807) is 16.3 Å². The smallest absolute Gasteiger partial charge is 0.357 e. The summed E-state index contributed by atoms with van der Waals surface area (Å²) in [6.45, 7) is 1.88. The minimum atomic E-state index is -0.369. The molecule has 2 aromatic rings. The largest absolute Gasteiger partial charge is 0.461 e. The van der Waals surface area contributed by atoms with Gasteiger partial charge in [0, 0.05) is 36.7 Å². The number of aryl methyl sites for hydroxylation is 1. The number of carbonyl (C=O) groups is 1. The highest BCUT2D eigenvalue weighted by atomic mass is 32.1. The van der Waals surface area contributed by atoms with Gasteiger partial charge in [-0.25, -0.2) is 9.78 Å². The van der Waals surface area contributed by atoms with E-state index in [1.807, 2.05) is 13.2 Å². The van der Waals surface area contributed by atoms with Crippen molar-refractivity contribution < 1.29 is 14.3 Å². The van der Waals surface area contributed by atoms with Crippen molar-refractivity contribution in [2.75, 3.05) is 19.8 Å². The van der Waals surface area contributed by atoms with Gasteiger partial charge in [-0.05, 0) is 12.8 Å². The van der Waals surface area contributed by atoms with Gasteiger partial charge in [0.1, 0.15) is 5.01 Å². The van der Waals surface area contributed by atoms with Crippen LogP contribution in [0.5, 0.6) is 0 Å². The Kier molecular flexibility index (Phi) is 4.31. The number of hydrogen-bond donors (Lipinski definition) is 0. The van der Waals surface area contributed by atoms with Gasteiger partial charge >= 0.3 is 5.97 Å². The van der Waals surface area contributed by atoms with Gasteiger partial charge in [0.15, 0.2) is 5.69 Å². The maximum absolute atomic E-state index is 12.0. The van der Waals surface area contributed by atoms with Gasteiger partial charge in [-0.1, -0.05) is 0 Å². The minimum absolute atomic E-state index is 0.305. The van der Waals surface area contributed by atoms with Crippen molar-refractivity contribution in [1.82, 2.24) is 14.8 Å². The second-order valence-corrected chi connectivity index (χ2v) is 5.98. The van der Waals surface area contributed by atoms with E-state index in [-0.39, 0.29) is 5.97 Å². The molecule has 0 N–H and O–H groups in total. The molecule has 1 aliphatic rings. The van der Waals surface area contributed by atoms with Crippen molar-refractivity contribution in [1.29, 1.82) is 0 Å². The number of esters is 1.